The Morgan fingerprint density at radius 3 is 2.48 bits per heavy atom. The Morgan fingerprint density at radius 1 is 1.12 bits per heavy atom. The molecule has 0 saturated carbocycles. The number of amides is 2. The molecule has 0 spiro atoms. The van der Waals surface area contributed by atoms with Gasteiger partial charge in [-0.15, -0.1) is 0 Å². The summed E-state index contributed by atoms with van der Waals surface area (Å²) in [5.74, 6) is 0.569. The number of methoxy groups -OCH3 is 2. The number of nitrogens with zero attached hydrogens (tertiary/aromatic N) is 1. The topological polar surface area (TPSA) is 107 Å². The molecule has 134 valence electrons. The van der Waals surface area contributed by atoms with Gasteiger partial charge in [-0.3, -0.25) is 5.32 Å². The first-order valence-electron chi connectivity index (χ1n) is 6.64. The van der Waals surface area contributed by atoms with Crippen LogP contribution in [-0.4, -0.2) is 33.7 Å². The highest BCUT2D eigenvalue weighted by atomic mass is 35.5. The number of urea groups is 1. The second-order valence-electron chi connectivity index (χ2n) is 4.57. The van der Waals surface area contributed by atoms with Crippen molar-refractivity contribution in [2.75, 3.05) is 19.5 Å². The molecule has 0 saturated heterocycles. The summed E-state index contributed by atoms with van der Waals surface area (Å²) in [5.41, 5.74) is 0. The van der Waals surface area contributed by atoms with E-state index in [1.165, 1.54) is 38.5 Å². The molecule has 8 nitrogen and oxygen atoms in total. The fourth-order valence-electron chi connectivity index (χ4n) is 1.77. The van der Waals surface area contributed by atoms with Crippen LogP contribution in [0.4, 0.5) is 10.6 Å². The lowest BCUT2D eigenvalue weighted by Gasteiger charge is -2.11. The van der Waals surface area contributed by atoms with E-state index in [9.17, 15) is 13.2 Å². The number of carbonyl (C=O) groups excluding carboxylic acids is 1. The molecule has 2 N–H and O–H groups in total. The van der Waals surface area contributed by atoms with Crippen LogP contribution in [0.25, 0.3) is 0 Å². The van der Waals surface area contributed by atoms with Crippen LogP contribution < -0.4 is 19.5 Å². The fourth-order valence-corrected chi connectivity index (χ4v) is 3.44. The predicted molar refractivity (Wildman–Crippen MR) is 93.1 cm³/mol. The molecule has 11 heteroatoms. The van der Waals surface area contributed by atoms with Crippen molar-refractivity contribution in [2.24, 2.45) is 0 Å². The van der Waals surface area contributed by atoms with E-state index < -0.39 is 16.1 Å². The molecule has 2 amide bonds. The highest BCUT2D eigenvalue weighted by Gasteiger charge is 2.21. The van der Waals surface area contributed by atoms with Crippen LogP contribution in [0.2, 0.25) is 10.0 Å². The van der Waals surface area contributed by atoms with E-state index >= 15 is 0 Å². The summed E-state index contributed by atoms with van der Waals surface area (Å²) in [6.07, 6.45) is 0. The lowest BCUT2D eigenvalue weighted by atomic mass is 10.4. The van der Waals surface area contributed by atoms with Gasteiger partial charge in [0.1, 0.15) is 16.5 Å². The van der Waals surface area contributed by atoms with Crippen molar-refractivity contribution in [2.45, 2.75) is 4.90 Å². The number of anilines is 1. The van der Waals surface area contributed by atoms with Crippen LogP contribution in [0.5, 0.6) is 11.6 Å². The third kappa shape index (κ3) is 4.88. The van der Waals surface area contributed by atoms with E-state index in [1.807, 2.05) is 4.72 Å². The average Bonchev–Trinajstić information content (AvgIpc) is 2.55. The average molecular weight is 406 g/mol. The first kappa shape index (κ1) is 19.1. The predicted octanol–water partition coefficient (Wildman–Crippen LogP) is 2.92. The molecule has 0 aliphatic rings. The number of nitrogens with one attached hydrogen (secondary N) is 2. The minimum Gasteiger partial charge on any atom is -0.496 e. The van der Waals surface area contributed by atoms with Gasteiger partial charge in [-0.25, -0.2) is 17.9 Å². The first-order chi connectivity index (χ1) is 11.7. The number of carbonyl (C=O) groups is 1. The van der Waals surface area contributed by atoms with Crippen LogP contribution >= 0.6 is 23.2 Å². The zero-order valence-corrected chi connectivity index (χ0v) is 15.4. The van der Waals surface area contributed by atoms with Gasteiger partial charge in [0, 0.05) is 17.2 Å². The fraction of sp³-hybridized carbons (Fsp3) is 0.143. The lowest BCUT2D eigenvalue weighted by molar-refractivity contribution is 0.256. The van der Waals surface area contributed by atoms with Crippen LogP contribution in [0.1, 0.15) is 0 Å². The van der Waals surface area contributed by atoms with Crippen molar-refractivity contribution >= 4 is 45.1 Å². The smallest absolute Gasteiger partial charge is 0.334 e. The molecule has 0 bridgehead atoms. The Balaban J connectivity index is 2.21. The number of sulfonamides is 1. The molecule has 2 rings (SSSR count). The minimum absolute atomic E-state index is 0.0288. The highest BCUT2D eigenvalue weighted by molar-refractivity contribution is 7.90. The number of ether oxygens (including phenoxy) is 2. The van der Waals surface area contributed by atoms with Gasteiger partial charge in [0.2, 0.25) is 5.88 Å². The zero-order chi connectivity index (χ0) is 18.6. The number of pyridine rings is 1. The molecule has 0 aliphatic carbocycles. The molecule has 1 aromatic heterocycles. The van der Waals surface area contributed by atoms with Crippen molar-refractivity contribution in [3.63, 3.8) is 0 Å². The third-order valence-corrected chi connectivity index (χ3v) is 4.92. The lowest BCUT2D eigenvalue weighted by Crippen LogP contribution is -2.34. The van der Waals surface area contributed by atoms with Crippen molar-refractivity contribution in [3.05, 3.63) is 40.4 Å². The van der Waals surface area contributed by atoms with Crippen molar-refractivity contribution in [1.29, 1.82) is 0 Å². The molecule has 0 atom stereocenters. The van der Waals surface area contributed by atoms with Gasteiger partial charge in [0.25, 0.3) is 10.0 Å². The maximum absolute atomic E-state index is 12.3. The van der Waals surface area contributed by atoms with Crippen LogP contribution in [0.15, 0.2) is 35.2 Å². The Bertz CT molecular complexity index is 883. The molecular formula is C14H13Cl2N3O5S. The second kappa shape index (κ2) is 7.77. The van der Waals surface area contributed by atoms with Crippen molar-refractivity contribution in [1.82, 2.24) is 9.71 Å². The molecule has 0 fully saturated rings. The van der Waals surface area contributed by atoms with E-state index in [1.54, 1.807) is 0 Å². The van der Waals surface area contributed by atoms with E-state index in [2.05, 4.69) is 10.3 Å². The van der Waals surface area contributed by atoms with Gasteiger partial charge in [0.15, 0.2) is 0 Å². The summed E-state index contributed by atoms with van der Waals surface area (Å²) in [5, 5.41) is 2.35. The Morgan fingerprint density at radius 2 is 1.84 bits per heavy atom. The van der Waals surface area contributed by atoms with Gasteiger partial charge < -0.3 is 9.47 Å². The molecule has 25 heavy (non-hydrogen) atoms. The Labute approximate surface area is 154 Å². The number of hydrogen-bond acceptors (Lipinski definition) is 6. The summed E-state index contributed by atoms with van der Waals surface area (Å²) < 4.78 is 36.4. The van der Waals surface area contributed by atoms with Gasteiger partial charge in [0.05, 0.1) is 19.2 Å². The minimum atomic E-state index is -4.23. The van der Waals surface area contributed by atoms with Crippen LogP contribution in [0, 0.1) is 0 Å². The van der Waals surface area contributed by atoms with Gasteiger partial charge in [-0.1, -0.05) is 23.2 Å². The van der Waals surface area contributed by atoms with Crippen LogP contribution in [-0.2, 0) is 10.0 Å². The summed E-state index contributed by atoms with van der Waals surface area (Å²) in [7, 11) is -1.43. The van der Waals surface area contributed by atoms with Gasteiger partial charge in [-0.05, 0) is 18.2 Å². The maximum Gasteiger partial charge on any atom is 0.334 e. The van der Waals surface area contributed by atoms with Crippen LogP contribution in [0.3, 0.4) is 0 Å². The number of aromatic nitrogens is 1. The van der Waals surface area contributed by atoms with Gasteiger partial charge in [-0.2, -0.15) is 4.98 Å². The summed E-state index contributed by atoms with van der Waals surface area (Å²) in [6, 6.07) is 5.71. The van der Waals surface area contributed by atoms with E-state index in [0.717, 1.165) is 6.07 Å². The molecule has 1 heterocycles. The maximum atomic E-state index is 12.3. The second-order valence-corrected chi connectivity index (χ2v) is 7.06. The zero-order valence-electron chi connectivity index (χ0n) is 13.0. The molecule has 0 radical (unpaired) electrons. The monoisotopic (exact) mass is 405 g/mol. The normalized spacial score (nSPS) is 10.9. The highest BCUT2D eigenvalue weighted by Crippen LogP contribution is 2.25. The summed E-state index contributed by atoms with van der Waals surface area (Å²) in [6.45, 7) is 0. The Kier molecular flexibility index (Phi) is 5.93. The number of halogens is 2. The van der Waals surface area contributed by atoms with Crippen molar-refractivity contribution in [3.8, 4) is 11.6 Å². The SMILES string of the molecule is COc1cc(NC(=O)NS(=O)(=O)c2cc(Cl)ccc2Cl)nc(OC)c1. The molecule has 0 unspecified atom stereocenters. The molecule has 0 aliphatic heterocycles. The number of hydrogen-bond donors (Lipinski definition) is 2. The first-order valence-corrected chi connectivity index (χ1v) is 8.88. The molecular weight excluding hydrogens is 393 g/mol. The van der Waals surface area contributed by atoms with Gasteiger partial charge >= 0.3 is 6.03 Å². The summed E-state index contributed by atoms with van der Waals surface area (Å²) >= 11 is 11.6. The molecule has 2 aromatic rings. The van der Waals surface area contributed by atoms with Crippen molar-refractivity contribution < 1.29 is 22.7 Å². The molecule has 1 aromatic carbocycles. The third-order valence-electron chi connectivity index (χ3n) is 2.87. The standard InChI is InChI=1S/C14H13Cl2N3O5S/c1-23-9-6-12(17-13(7-9)24-2)18-14(20)19-25(21,22)11-5-8(15)3-4-10(11)16/h3-7H,1-2H3,(H2,17,18,19,20). The number of rotatable bonds is 5. The number of benzene rings is 1. The van der Waals surface area contributed by atoms with E-state index in [-0.39, 0.29) is 26.6 Å². The quantitative estimate of drug-likeness (QED) is 0.791. The van der Waals surface area contributed by atoms with E-state index in [0.29, 0.717) is 5.75 Å². The largest absolute Gasteiger partial charge is 0.496 e. The van der Waals surface area contributed by atoms with E-state index in [4.69, 9.17) is 32.7 Å². The summed E-state index contributed by atoms with van der Waals surface area (Å²) in [4.78, 5) is 15.6. The Hall–Kier alpha value is -2.23.